The summed E-state index contributed by atoms with van der Waals surface area (Å²) in [6.45, 7) is 0. The van der Waals surface area contributed by atoms with Crippen molar-refractivity contribution in [3.8, 4) is 0 Å². The highest BCUT2D eigenvalue weighted by atomic mass is 16.1. The Labute approximate surface area is 56.5 Å². The van der Waals surface area contributed by atoms with Gasteiger partial charge in [-0.3, -0.25) is 4.79 Å². The number of hydrogen-bond acceptors (Lipinski definition) is 3. The van der Waals surface area contributed by atoms with Gasteiger partial charge in [0.15, 0.2) is 11.2 Å². The van der Waals surface area contributed by atoms with Gasteiger partial charge in [-0.1, -0.05) is 0 Å². The number of rotatable bonds is 0. The lowest BCUT2D eigenvalue weighted by Gasteiger charge is -1.81. The Hall–Kier alpha value is -1.65. The molecule has 0 aromatic carbocycles. The summed E-state index contributed by atoms with van der Waals surface area (Å²) in [5, 5.41) is 0. The number of hydrogen-bond donors (Lipinski definition) is 2. The Bertz CT molecular complexity index is 445. The van der Waals surface area contributed by atoms with Crippen LogP contribution < -0.4 is 5.56 Å². The van der Waals surface area contributed by atoms with Crippen LogP contribution in [0.1, 0.15) is 1.37 Å². The molecule has 2 N–H and O–H groups in total. The van der Waals surface area contributed by atoms with Crippen LogP contribution in [0.15, 0.2) is 17.4 Å². The number of nitrogens with one attached hydrogen (secondary N) is 2. The summed E-state index contributed by atoms with van der Waals surface area (Å²) in [5.74, 6) is 0. The summed E-state index contributed by atoms with van der Waals surface area (Å²) in [4.78, 5) is 23.2. The molecule has 50 valence electrons. The summed E-state index contributed by atoms with van der Waals surface area (Å²) < 4.78 is 7.04. The second-order valence-electron chi connectivity index (χ2n) is 1.78. The van der Waals surface area contributed by atoms with Crippen LogP contribution in [0.25, 0.3) is 11.2 Å². The van der Waals surface area contributed by atoms with Crippen molar-refractivity contribution in [2.75, 3.05) is 0 Å². The van der Waals surface area contributed by atoms with Gasteiger partial charge >= 0.3 is 0 Å². The SMILES string of the molecule is [2H]c1nc2nc[nH]c2c(=O)[nH]1. The number of fused-ring (bicyclic) bond motifs is 1. The number of nitrogens with zero attached hydrogens (tertiary/aromatic N) is 2. The van der Waals surface area contributed by atoms with Crippen LogP contribution in [-0.2, 0) is 0 Å². The first-order valence-electron chi connectivity index (χ1n) is 3.17. The zero-order chi connectivity index (χ0) is 7.84. The van der Waals surface area contributed by atoms with Gasteiger partial charge in [-0.05, 0) is 0 Å². The van der Waals surface area contributed by atoms with Gasteiger partial charge in [0.25, 0.3) is 5.56 Å². The quantitative estimate of drug-likeness (QED) is 0.521. The molecule has 5 nitrogen and oxygen atoms in total. The van der Waals surface area contributed by atoms with Crippen molar-refractivity contribution in [2.45, 2.75) is 0 Å². The van der Waals surface area contributed by atoms with Gasteiger partial charge in [-0.25, -0.2) is 9.97 Å². The van der Waals surface area contributed by atoms with E-state index in [0.717, 1.165) is 0 Å². The molecule has 2 aromatic rings. The van der Waals surface area contributed by atoms with E-state index >= 15 is 0 Å². The van der Waals surface area contributed by atoms with Crippen molar-refractivity contribution in [1.29, 1.82) is 0 Å². The van der Waals surface area contributed by atoms with E-state index in [-0.39, 0.29) is 17.5 Å². The fourth-order valence-electron chi connectivity index (χ4n) is 0.733. The zero-order valence-electron chi connectivity index (χ0n) is 5.88. The van der Waals surface area contributed by atoms with Crippen molar-refractivity contribution in [1.82, 2.24) is 19.9 Å². The van der Waals surface area contributed by atoms with Crippen LogP contribution in [0, 0.1) is 0 Å². The molecule has 2 heterocycles. The minimum atomic E-state index is -0.363. The fraction of sp³-hybridized carbons (Fsp3) is 0. The second kappa shape index (κ2) is 1.66. The first-order valence-corrected chi connectivity index (χ1v) is 2.67. The van der Waals surface area contributed by atoms with Gasteiger partial charge < -0.3 is 9.97 Å². The normalized spacial score (nSPS) is 11.8. The van der Waals surface area contributed by atoms with E-state index in [0.29, 0.717) is 5.52 Å². The molecule has 0 aliphatic rings. The summed E-state index contributed by atoms with van der Waals surface area (Å²) in [7, 11) is 0. The maximum Gasteiger partial charge on any atom is 0.276 e. The van der Waals surface area contributed by atoms with Gasteiger partial charge in [-0.15, -0.1) is 0 Å². The number of aromatic amines is 2. The predicted molar refractivity (Wildman–Crippen MR) is 34.5 cm³/mol. The molecule has 0 saturated heterocycles. The predicted octanol–water partition coefficient (Wildman–Crippen LogP) is -0.354. The Balaban J connectivity index is 3.02. The summed E-state index contributed by atoms with van der Waals surface area (Å²) in [6, 6.07) is 0. The molecule has 0 spiro atoms. The monoisotopic (exact) mass is 137 g/mol. The lowest BCUT2D eigenvalue weighted by Crippen LogP contribution is -2.05. The lowest BCUT2D eigenvalue weighted by atomic mass is 10.6. The molecule has 2 aromatic heterocycles. The Morgan fingerprint density at radius 3 is 3.30 bits per heavy atom. The highest BCUT2D eigenvalue weighted by Crippen LogP contribution is 1.94. The topological polar surface area (TPSA) is 74.4 Å². The van der Waals surface area contributed by atoms with Gasteiger partial charge in [0.2, 0.25) is 0 Å². The van der Waals surface area contributed by atoms with E-state index in [4.69, 9.17) is 1.37 Å². The van der Waals surface area contributed by atoms with Gasteiger partial charge in [0, 0.05) is 0 Å². The molecule has 0 amide bonds. The molecular formula is C5H4N4O. The maximum atomic E-state index is 11.0. The van der Waals surface area contributed by atoms with E-state index in [1.807, 2.05) is 0 Å². The number of imidazole rings is 1. The molecule has 5 heteroatoms. The van der Waals surface area contributed by atoms with E-state index in [9.17, 15) is 4.79 Å². The molecular weight excluding hydrogens is 132 g/mol. The van der Waals surface area contributed by atoms with Crippen LogP contribution in [0.4, 0.5) is 0 Å². The molecule has 0 bridgehead atoms. The van der Waals surface area contributed by atoms with Crippen LogP contribution in [0.2, 0.25) is 0 Å². The molecule has 0 aliphatic carbocycles. The third-order valence-corrected chi connectivity index (χ3v) is 1.18. The average molecular weight is 137 g/mol. The van der Waals surface area contributed by atoms with Gasteiger partial charge in [0.1, 0.15) is 1.37 Å². The standard InChI is InChI=1S/C5H4N4O/c10-5-3-4(7-1-6-3)8-2-9-5/h1-2H,(H2,6,7,8,9,10)/i2D. The van der Waals surface area contributed by atoms with Crippen molar-refractivity contribution in [3.05, 3.63) is 23.0 Å². The second-order valence-corrected chi connectivity index (χ2v) is 1.78. The third kappa shape index (κ3) is 0.540. The number of aromatic nitrogens is 4. The van der Waals surface area contributed by atoms with Crippen LogP contribution in [-0.4, -0.2) is 19.9 Å². The molecule has 0 saturated carbocycles. The van der Waals surface area contributed by atoms with E-state index in [1.165, 1.54) is 6.33 Å². The fourth-order valence-corrected chi connectivity index (χ4v) is 0.733. The van der Waals surface area contributed by atoms with Crippen molar-refractivity contribution < 1.29 is 1.37 Å². The summed E-state index contributed by atoms with van der Waals surface area (Å²) in [5.41, 5.74) is 0.220. The molecule has 2 rings (SSSR count). The molecule has 0 radical (unpaired) electrons. The first-order chi connectivity index (χ1) is 5.27. The Kier molecular flexibility index (Phi) is 0.700. The smallest absolute Gasteiger partial charge is 0.276 e. The molecule has 0 aliphatic heterocycles. The molecule has 0 fully saturated rings. The van der Waals surface area contributed by atoms with Gasteiger partial charge in [-0.2, -0.15) is 0 Å². The minimum Gasteiger partial charge on any atom is -0.339 e. The van der Waals surface area contributed by atoms with Crippen LogP contribution in [0.5, 0.6) is 0 Å². The average Bonchev–Trinajstić information content (AvgIpc) is 2.34. The van der Waals surface area contributed by atoms with Crippen molar-refractivity contribution in [2.24, 2.45) is 0 Å². The third-order valence-electron chi connectivity index (χ3n) is 1.18. The Morgan fingerprint density at radius 1 is 1.50 bits per heavy atom. The summed E-state index contributed by atoms with van der Waals surface area (Å²) >= 11 is 0. The van der Waals surface area contributed by atoms with E-state index < -0.39 is 0 Å². The maximum absolute atomic E-state index is 11.0. The van der Waals surface area contributed by atoms with Crippen molar-refractivity contribution >= 4 is 11.2 Å². The van der Waals surface area contributed by atoms with Crippen LogP contribution in [0.3, 0.4) is 0 Å². The van der Waals surface area contributed by atoms with Crippen LogP contribution >= 0.6 is 0 Å². The highest BCUT2D eigenvalue weighted by Gasteiger charge is 1.97. The zero-order valence-corrected chi connectivity index (χ0v) is 4.88. The van der Waals surface area contributed by atoms with Gasteiger partial charge in [0.05, 0.1) is 12.6 Å². The lowest BCUT2D eigenvalue weighted by molar-refractivity contribution is 1.15. The molecule has 10 heavy (non-hydrogen) atoms. The van der Waals surface area contributed by atoms with E-state index in [2.05, 4.69) is 19.9 Å². The Morgan fingerprint density at radius 2 is 2.40 bits per heavy atom. The minimum absolute atomic E-state index is 0.172. The van der Waals surface area contributed by atoms with E-state index in [1.54, 1.807) is 0 Å². The van der Waals surface area contributed by atoms with Crippen molar-refractivity contribution in [3.63, 3.8) is 0 Å². The first kappa shape index (κ1) is 4.21. The number of H-pyrrole nitrogens is 2. The summed E-state index contributed by atoms with van der Waals surface area (Å²) in [6.07, 6.45) is 1.20. The highest BCUT2D eigenvalue weighted by molar-refractivity contribution is 5.67. The molecule has 0 unspecified atom stereocenters. The molecule has 0 atom stereocenters. The largest absolute Gasteiger partial charge is 0.339 e.